The van der Waals surface area contributed by atoms with Crippen LogP contribution >= 0.6 is 0 Å². The molecule has 1 aliphatic rings. The summed E-state index contributed by atoms with van der Waals surface area (Å²) in [6, 6.07) is 20.2. The number of benzene rings is 2. The minimum atomic E-state index is -0.263. The van der Waals surface area contributed by atoms with Gasteiger partial charge in [-0.1, -0.05) is 74.6 Å². The lowest BCUT2D eigenvalue weighted by Gasteiger charge is -2.40. The number of amides is 2. The van der Waals surface area contributed by atoms with E-state index in [0.29, 0.717) is 6.42 Å². The van der Waals surface area contributed by atoms with Gasteiger partial charge in [-0.15, -0.1) is 0 Å². The van der Waals surface area contributed by atoms with Gasteiger partial charge in [0.1, 0.15) is 12.6 Å². The smallest absolute Gasteiger partial charge is 0.247 e. The Morgan fingerprint density at radius 2 is 1.58 bits per heavy atom. The summed E-state index contributed by atoms with van der Waals surface area (Å²) in [4.78, 5) is 30.9. The van der Waals surface area contributed by atoms with Gasteiger partial charge < -0.3 is 9.47 Å². The highest BCUT2D eigenvalue weighted by Crippen LogP contribution is 2.42. The van der Waals surface area contributed by atoms with Gasteiger partial charge >= 0.3 is 0 Å². The van der Waals surface area contributed by atoms with Crippen molar-refractivity contribution in [3.63, 3.8) is 0 Å². The fourth-order valence-electron chi connectivity index (χ4n) is 5.13. The standard InChI is InChI=1S/C31H39N3O2/c1-5-6-7-8-9-16-29(35)33(23(2)3)22-30(36)34-27-14-11-10-13-26(27)32-21-12-15-28(32)31(34)25-19-17-24(4)18-20-25/h10-15,17-21,23,31H,5-9,16,22H2,1-4H3. The monoisotopic (exact) mass is 485 g/mol. The Bertz CT molecular complexity index is 1180. The minimum Gasteiger partial charge on any atom is -0.331 e. The van der Waals surface area contributed by atoms with E-state index in [2.05, 4.69) is 54.9 Å². The van der Waals surface area contributed by atoms with E-state index in [1.807, 2.05) is 49.1 Å². The maximum absolute atomic E-state index is 14.1. The number of hydrogen-bond acceptors (Lipinski definition) is 2. The van der Waals surface area contributed by atoms with E-state index in [9.17, 15) is 9.59 Å². The molecule has 0 fully saturated rings. The predicted octanol–water partition coefficient (Wildman–Crippen LogP) is 6.82. The Morgan fingerprint density at radius 1 is 0.889 bits per heavy atom. The van der Waals surface area contributed by atoms with E-state index in [-0.39, 0.29) is 30.4 Å². The van der Waals surface area contributed by atoms with Crippen molar-refractivity contribution in [1.82, 2.24) is 9.47 Å². The summed E-state index contributed by atoms with van der Waals surface area (Å²) in [6.07, 6.45) is 8.04. The summed E-state index contributed by atoms with van der Waals surface area (Å²) in [6.45, 7) is 8.32. The van der Waals surface area contributed by atoms with Gasteiger partial charge in [0.2, 0.25) is 11.8 Å². The molecule has 1 aliphatic heterocycles. The lowest BCUT2D eigenvalue weighted by atomic mass is 9.97. The van der Waals surface area contributed by atoms with Gasteiger partial charge in [-0.3, -0.25) is 14.5 Å². The molecule has 0 saturated heterocycles. The second-order valence-corrected chi connectivity index (χ2v) is 10.1. The normalized spacial score (nSPS) is 14.5. The van der Waals surface area contributed by atoms with Crippen LogP contribution in [0.2, 0.25) is 0 Å². The third kappa shape index (κ3) is 5.40. The fourth-order valence-corrected chi connectivity index (χ4v) is 5.13. The summed E-state index contributed by atoms with van der Waals surface area (Å²) in [5, 5.41) is 0. The molecule has 4 rings (SSSR count). The van der Waals surface area contributed by atoms with Crippen LogP contribution in [-0.2, 0) is 9.59 Å². The number of anilines is 1. The van der Waals surface area contributed by atoms with Crippen molar-refractivity contribution >= 4 is 17.5 Å². The average Bonchev–Trinajstić information content (AvgIpc) is 3.36. The average molecular weight is 486 g/mol. The van der Waals surface area contributed by atoms with E-state index in [0.717, 1.165) is 41.9 Å². The maximum Gasteiger partial charge on any atom is 0.247 e. The molecule has 1 atom stereocenters. The van der Waals surface area contributed by atoms with E-state index in [4.69, 9.17) is 0 Å². The molecule has 5 nitrogen and oxygen atoms in total. The Balaban J connectivity index is 1.64. The molecule has 0 bridgehead atoms. The SMILES string of the molecule is CCCCCCCC(=O)N(CC(=O)N1c2ccccc2-n2cccc2C1c1ccc(C)cc1)C(C)C. The van der Waals surface area contributed by atoms with Crippen LogP contribution in [0.3, 0.4) is 0 Å². The van der Waals surface area contributed by atoms with Crippen LogP contribution in [0.1, 0.15) is 82.2 Å². The number of carbonyl (C=O) groups excluding carboxylic acids is 2. The van der Waals surface area contributed by atoms with Gasteiger partial charge in [0.25, 0.3) is 0 Å². The molecule has 1 aromatic heterocycles. The number of aromatic nitrogens is 1. The van der Waals surface area contributed by atoms with Gasteiger partial charge in [-0.25, -0.2) is 0 Å². The molecule has 0 saturated carbocycles. The lowest BCUT2D eigenvalue weighted by Crippen LogP contribution is -2.48. The van der Waals surface area contributed by atoms with E-state index in [1.165, 1.54) is 18.4 Å². The summed E-state index contributed by atoms with van der Waals surface area (Å²) in [7, 11) is 0. The Hall–Kier alpha value is -3.34. The van der Waals surface area contributed by atoms with Crippen molar-refractivity contribution in [2.75, 3.05) is 11.4 Å². The highest BCUT2D eigenvalue weighted by molar-refractivity contribution is 6.00. The van der Waals surface area contributed by atoms with Crippen LogP contribution in [0.4, 0.5) is 5.69 Å². The first-order valence-electron chi connectivity index (χ1n) is 13.4. The van der Waals surface area contributed by atoms with Crippen LogP contribution in [0.25, 0.3) is 5.69 Å². The molecule has 2 amide bonds. The largest absolute Gasteiger partial charge is 0.331 e. The van der Waals surface area contributed by atoms with E-state index in [1.54, 1.807) is 4.90 Å². The van der Waals surface area contributed by atoms with Crippen molar-refractivity contribution in [3.8, 4) is 5.69 Å². The fraction of sp³-hybridized carbons (Fsp3) is 0.419. The second kappa shape index (κ2) is 11.6. The van der Waals surface area contributed by atoms with Gasteiger partial charge in [-0.05, 0) is 57.0 Å². The number of unbranched alkanes of at least 4 members (excludes halogenated alkanes) is 4. The Labute approximate surface area is 215 Å². The first kappa shape index (κ1) is 25.7. The predicted molar refractivity (Wildman–Crippen MR) is 147 cm³/mol. The molecule has 0 aliphatic carbocycles. The number of rotatable bonds is 10. The molecular formula is C31H39N3O2. The van der Waals surface area contributed by atoms with Crippen LogP contribution in [0, 0.1) is 6.92 Å². The van der Waals surface area contributed by atoms with E-state index >= 15 is 0 Å². The summed E-state index contributed by atoms with van der Waals surface area (Å²) < 4.78 is 2.17. The first-order valence-corrected chi connectivity index (χ1v) is 13.4. The molecule has 5 heteroatoms. The quantitative estimate of drug-likeness (QED) is 0.296. The molecule has 0 spiro atoms. The third-order valence-corrected chi connectivity index (χ3v) is 7.12. The lowest BCUT2D eigenvalue weighted by molar-refractivity contribution is -0.137. The number of aryl methyl sites for hydroxylation is 1. The maximum atomic E-state index is 14.1. The van der Waals surface area contributed by atoms with Gasteiger partial charge in [0.15, 0.2) is 0 Å². The Morgan fingerprint density at radius 3 is 2.28 bits per heavy atom. The molecule has 3 aromatic rings. The number of para-hydroxylation sites is 2. The second-order valence-electron chi connectivity index (χ2n) is 10.1. The van der Waals surface area contributed by atoms with Crippen molar-refractivity contribution in [2.24, 2.45) is 0 Å². The molecule has 0 N–H and O–H groups in total. The summed E-state index contributed by atoms with van der Waals surface area (Å²) in [5.74, 6) is 0.00362. The molecule has 2 aromatic carbocycles. The van der Waals surface area contributed by atoms with Gasteiger partial charge in [0, 0.05) is 18.7 Å². The molecule has 2 heterocycles. The topological polar surface area (TPSA) is 45.6 Å². The van der Waals surface area contributed by atoms with Crippen LogP contribution in [-0.4, -0.2) is 33.9 Å². The molecule has 1 unspecified atom stereocenters. The molecule has 190 valence electrons. The first-order chi connectivity index (χ1) is 17.4. The van der Waals surface area contributed by atoms with Crippen molar-refractivity contribution in [2.45, 2.75) is 78.3 Å². The van der Waals surface area contributed by atoms with Crippen LogP contribution in [0.5, 0.6) is 0 Å². The van der Waals surface area contributed by atoms with Gasteiger partial charge in [0.05, 0.1) is 17.1 Å². The number of nitrogens with zero attached hydrogens (tertiary/aromatic N) is 3. The van der Waals surface area contributed by atoms with Crippen molar-refractivity contribution in [3.05, 3.63) is 83.7 Å². The van der Waals surface area contributed by atoms with Gasteiger partial charge in [-0.2, -0.15) is 0 Å². The molecular weight excluding hydrogens is 446 g/mol. The van der Waals surface area contributed by atoms with Crippen LogP contribution in [0.15, 0.2) is 66.9 Å². The molecule has 36 heavy (non-hydrogen) atoms. The summed E-state index contributed by atoms with van der Waals surface area (Å²) >= 11 is 0. The zero-order chi connectivity index (χ0) is 25.7. The summed E-state index contributed by atoms with van der Waals surface area (Å²) in [5.41, 5.74) is 5.13. The number of carbonyl (C=O) groups is 2. The number of fused-ring (bicyclic) bond motifs is 3. The number of hydrogen-bond donors (Lipinski definition) is 0. The highest BCUT2D eigenvalue weighted by atomic mass is 16.2. The van der Waals surface area contributed by atoms with Crippen LogP contribution < -0.4 is 4.90 Å². The van der Waals surface area contributed by atoms with E-state index < -0.39 is 0 Å². The highest BCUT2D eigenvalue weighted by Gasteiger charge is 2.37. The van der Waals surface area contributed by atoms with Crippen molar-refractivity contribution < 1.29 is 9.59 Å². The Kier molecular flexibility index (Phi) is 8.29. The molecule has 0 radical (unpaired) electrons. The third-order valence-electron chi connectivity index (χ3n) is 7.12. The van der Waals surface area contributed by atoms with Crippen molar-refractivity contribution in [1.29, 1.82) is 0 Å². The zero-order valence-electron chi connectivity index (χ0n) is 22.1. The zero-order valence-corrected chi connectivity index (χ0v) is 22.1. The minimum absolute atomic E-state index is 0.0428.